The number of hydrogen-bond donors (Lipinski definition) is 2. The summed E-state index contributed by atoms with van der Waals surface area (Å²) in [5.41, 5.74) is 1.24. The number of nitrogens with zero attached hydrogens (tertiary/aromatic N) is 1. The lowest BCUT2D eigenvalue weighted by atomic mass is 10.1. The second-order valence-electron chi connectivity index (χ2n) is 5.58. The molecule has 0 unspecified atom stereocenters. The van der Waals surface area contributed by atoms with E-state index in [0.717, 1.165) is 43.4 Å². The number of hydrogen-bond acceptors (Lipinski definition) is 3. The summed E-state index contributed by atoms with van der Waals surface area (Å²) in [5, 5.41) is 6.58. The van der Waals surface area contributed by atoms with Crippen LogP contribution in [0.25, 0.3) is 0 Å². The Kier molecular flexibility index (Phi) is 8.95. The number of benzene rings is 1. The number of nitrogens with one attached hydrogen (secondary N) is 2. The number of aliphatic imine (C=N–C) groups is 1. The van der Waals surface area contributed by atoms with E-state index in [2.05, 4.69) is 48.5 Å². The predicted molar refractivity (Wildman–Crippen MR) is 96.7 cm³/mol. The van der Waals surface area contributed by atoms with Crippen LogP contribution in [-0.4, -0.2) is 38.8 Å². The van der Waals surface area contributed by atoms with E-state index in [4.69, 9.17) is 9.47 Å². The Balaban J connectivity index is 2.55. The van der Waals surface area contributed by atoms with Crippen LogP contribution in [0.2, 0.25) is 0 Å². The van der Waals surface area contributed by atoms with E-state index in [1.54, 1.807) is 7.11 Å². The first-order valence-corrected chi connectivity index (χ1v) is 8.45. The molecule has 1 aromatic carbocycles. The molecule has 1 rings (SSSR count). The molecule has 0 spiro atoms. The van der Waals surface area contributed by atoms with Crippen LogP contribution < -0.4 is 20.1 Å². The molecule has 130 valence electrons. The van der Waals surface area contributed by atoms with Crippen LogP contribution >= 0.6 is 0 Å². The summed E-state index contributed by atoms with van der Waals surface area (Å²) in [4.78, 5) is 4.60. The average molecular weight is 321 g/mol. The summed E-state index contributed by atoms with van der Waals surface area (Å²) in [6.45, 7) is 10.6. The molecule has 0 amide bonds. The molecule has 0 radical (unpaired) electrons. The zero-order valence-corrected chi connectivity index (χ0v) is 15.1. The van der Waals surface area contributed by atoms with Crippen molar-refractivity contribution in [2.45, 2.75) is 46.6 Å². The maximum absolute atomic E-state index is 5.62. The summed E-state index contributed by atoms with van der Waals surface area (Å²) in [6.07, 6.45) is 1.96. The maximum Gasteiger partial charge on any atom is 0.191 e. The molecule has 5 nitrogen and oxygen atoms in total. The minimum absolute atomic E-state index is 0.378. The van der Waals surface area contributed by atoms with Gasteiger partial charge in [0.15, 0.2) is 17.5 Å². The molecule has 0 aliphatic heterocycles. The number of rotatable bonds is 9. The van der Waals surface area contributed by atoms with Crippen molar-refractivity contribution in [3.8, 4) is 11.5 Å². The highest BCUT2D eigenvalue weighted by molar-refractivity contribution is 5.79. The molecule has 0 aliphatic carbocycles. The molecule has 0 bridgehead atoms. The summed E-state index contributed by atoms with van der Waals surface area (Å²) in [7, 11) is 1.66. The lowest BCUT2D eigenvalue weighted by molar-refractivity contribution is 0.310. The molecular formula is C18H31N3O2. The van der Waals surface area contributed by atoms with Gasteiger partial charge in [0.2, 0.25) is 0 Å². The van der Waals surface area contributed by atoms with Crippen LogP contribution in [0.15, 0.2) is 23.2 Å². The van der Waals surface area contributed by atoms with Gasteiger partial charge in [-0.15, -0.1) is 0 Å². The highest BCUT2D eigenvalue weighted by Gasteiger charge is 2.05. The Morgan fingerprint density at radius 3 is 2.61 bits per heavy atom. The van der Waals surface area contributed by atoms with Crippen LogP contribution in [0.5, 0.6) is 11.5 Å². The molecule has 0 heterocycles. The Hall–Kier alpha value is -1.91. The van der Waals surface area contributed by atoms with Gasteiger partial charge in [-0.1, -0.05) is 6.07 Å². The SMILES string of the molecule is CCNC(=NCCCc1ccc(OC)c(OCC)c1)NC(C)C. The zero-order chi connectivity index (χ0) is 17.1. The molecule has 23 heavy (non-hydrogen) atoms. The number of guanidine groups is 1. The van der Waals surface area contributed by atoms with Gasteiger partial charge in [-0.3, -0.25) is 4.99 Å². The minimum atomic E-state index is 0.378. The predicted octanol–water partition coefficient (Wildman–Crippen LogP) is 2.99. The van der Waals surface area contributed by atoms with Gasteiger partial charge in [0.05, 0.1) is 13.7 Å². The van der Waals surface area contributed by atoms with Crippen molar-refractivity contribution in [3.63, 3.8) is 0 Å². The topological polar surface area (TPSA) is 54.9 Å². The van der Waals surface area contributed by atoms with Gasteiger partial charge in [0.1, 0.15) is 0 Å². The van der Waals surface area contributed by atoms with Crippen molar-refractivity contribution < 1.29 is 9.47 Å². The summed E-state index contributed by atoms with van der Waals surface area (Å²) in [6, 6.07) is 6.49. The first-order valence-electron chi connectivity index (χ1n) is 8.45. The van der Waals surface area contributed by atoms with E-state index < -0.39 is 0 Å². The lowest BCUT2D eigenvalue weighted by Gasteiger charge is -2.14. The molecule has 0 aromatic heterocycles. The van der Waals surface area contributed by atoms with Crippen LogP contribution in [-0.2, 0) is 6.42 Å². The van der Waals surface area contributed by atoms with Crippen molar-refractivity contribution >= 4 is 5.96 Å². The van der Waals surface area contributed by atoms with Crippen LogP contribution in [0.3, 0.4) is 0 Å². The molecule has 0 saturated heterocycles. The molecule has 2 N–H and O–H groups in total. The van der Waals surface area contributed by atoms with Gasteiger partial charge in [-0.25, -0.2) is 0 Å². The third-order valence-electron chi connectivity index (χ3n) is 3.19. The van der Waals surface area contributed by atoms with E-state index in [0.29, 0.717) is 12.6 Å². The number of methoxy groups -OCH3 is 1. The van der Waals surface area contributed by atoms with Crippen LogP contribution in [0.1, 0.15) is 39.7 Å². The van der Waals surface area contributed by atoms with E-state index in [1.165, 1.54) is 5.56 Å². The summed E-state index contributed by atoms with van der Waals surface area (Å²) in [5.74, 6) is 2.47. The number of ether oxygens (including phenoxy) is 2. The van der Waals surface area contributed by atoms with Gasteiger partial charge >= 0.3 is 0 Å². The third-order valence-corrected chi connectivity index (χ3v) is 3.19. The van der Waals surface area contributed by atoms with Crippen molar-refractivity contribution in [1.29, 1.82) is 0 Å². The van der Waals surface area contributed by atoms with E-state index in [1.807, 2.05) is 13.0 Å². The molecule has 0 aliphatic rings. The van der Waals surface area contributed by atoms with Gasteiger partial charge in [0.25, 0.3) is 0 Å². The molecule has 5 heteroatoms. The zero-order valence-electron chi connectivity index (χ0n) is 15.1. The highest BCUT2D eigenvalue weighted by Crippen LogP contribution is 2.28. The lowest BCUT2D eigenvalue weighted by Crippen LogP contribution is -2.41. The smallest absolute Gasteiger partial charge is 0.191 e. The largest absolute Gasteiger partial charge is 0.493 e. The van der Waals surface area contributed by atoms with Crippen LogP contribution in [0, 0.1) is 0 Å². The van der Waals surface area contributed by atoms with Gasteiger partial charge < -0.3 is 20.1 Å². The Labute approximate surface area is 140 Å². The summed E-state index contributed by atoms with van der Waals surface area (Å²) < 4.78 is 10.9. The fourth-order valence-electron chi connectivity index (χ4n) is 2.21. The minimum Gasteiger partial charge on any atom is -0.493 e. The first-order chi connectivity index (χ1) is 11.1. The first kappa shape index (κ1) is 19.1. The Morgan fingerprint density at radius 2 is 2.00 bits per heavy atom. The fraction of sp³-hybridized carbons (Fsp3) is 0.611. The molecule has 0 atom stereocenters. The fourth-order valence-corrected chi connectivity index (χ4v) is 2.21. The Bertz CT molecular complexity index is 487. The van der Waals surface area contributed by atoms with Crippen molar-refractivity contribution in [2.75, 3.05) is 26.8 Å². The highest BCUT2D eigenvalue weighted by atomic mass is 16.5. The summed E-state index contributed by atoms with van der Waals surface area (Å²) >= 11 is 0. The second kappa shape index (κ2) is 10.8. The normalized spacial score (nSPS) is 11.5. The average Bonchev–Trinajstić information content (AvgIpc) is 2.51. The molecular weight excluding hydrogens is 290 g/mol. The molecule has 0 saturated carbocycles. The number of aryl methyl sites for hydroxylation is 1. The standard InChI is InChI=1S/C18H31N3O2/c1-6-19-18(21-14(3)4)20-12-8-9-15-10-11-16(22-5)17(13-15)23-7-2/h10-11,13-14H,6-9,12H2,1-5H3,(H2,19,20,21). The monoisotopic (exact) mass is 321 g/mol. The van der Waals surface area contributed by atoms with E-state index in [-0.39, 0.29) is 0 Å². The quantitative estimate of drug-likeness (QED) is 0.417. The van der Waals surface area contributed by atoms with Crippen molar-refractivity contribution in [1.82, 2.24) is 10.6 Å². The van der Waals surface area contributed by atoms with Crippen molar-refractivity contribution in [2.24, 2.45) is 4.99 Å². The molecule has 0 fully saturated rings. The van der Waals surface area contributed by atoms with Crippen LogP contribution in [0.4, 0.5) is 0 Å². The third kappa shape index (κ3) is 7.26. The van der Waals surface area contributed by atoms with Gasteiger partial charge in [-0.05, 0) is 58.2 Å². The Morgan fingerprint density at radius 1 is 1.22 bits per heavy atom. The second-order valence-corrected chi connectivity index (χ2v) is 5.58. The van der Waals surface area contributed by atoms with Crippen molar-refractivity contribution in [3.05, 3.63) is 23.8 Å². The van der Waals surface area contributed by atoms with E-state index in [9.17, 15) is 0 Å². The van der Waals surface area contributed by atoms with E-state index >= 15 is 0 Å². The molecule has 1 aromatic rings. The van der Waals surface area contributed by atoms with Gasteiger partial charge in [0, 0.05) is 19.1 Å². The maximum atomic E-state index is 5.62. The van der Waals surface area contributed by atoms with Gasteiger partial charge in [-0.2, -0.15) is 0 Å².